The summed E-state index contributed by atoms with van der Waals surface area (Å²) >= 11 is 8.88. The molecule has 0 unspecified atom stereocenters. The van der Waals surface area contributed by atoms with Crippen molar-refractivity contribution in [2.75, 3.05) is 0 Å². The lowest BCUT2D eigenvalue weighted by Gasteiger charge is -2.08. The minimum Gasteiger partial charge on any atom is -0.294 e. The first kappa shape index (κ1) is 12.3. The molecule has 0 N–H and O–H groups in total. The zero-order valence-electron chi connectivity index (χ0n) is 9.15. The second-order valence-corrected chi connectivity index (χ2v) is 4.86. The fraction of sp³-hybridized carbons (Fsp3) is 0.167. The number of nitrogens with zero attached hydrogens (tertiary/aromatic N) is 2. The van der Waals surface area contributed by atoms with E-state index in [0.29, 0.717) is 11.0 Å². The minimum absolute atomic E-state index is 0.173. The number of aromatic nitrogens is 2. The molecule has 1 aromatic heterocycles. The molecule has 0 aliphatic rings. The third-order valence-corrected chi connectivity index (χ3v) is 3.77. The van der Waals surface area contributed by atoms with E-state index >= 15 is 0 Å². The zero-order valence-corrected chi connectivity index (χ0v) is 11.5. The zero-order chi connectivity index (χ0) is 12.4. The molecule has 1 aromatic carbocycles. The molecule has 5 heteroatoms. The van der Waals surface area contributed by atoms with Gasteiger partial charge in [-0.05, 0) is 34.0 Å². The van der Waals surface area contributed by atoms with Gasteiger partial charge < -0.3 is 0 Å². The lowest BCUT2D eigenvalue weighted by molar-refractivity contribution is 0.727. The van der Waals surface area contributed by atoms with Crippen LogP contribution < -0.4 is 5.56 Å². The highest BCUT2D eigenvalue weighted by atomic mass is 79.9. The summed E-state index contributed by atoms with van der Waals surface area (Å²) < 4.78 is 1.83. The van der Waals surface area contributed by atoms with Gasteiger partial charge in [0.1, 0.15) is 4.47 Å². The minimum atomic E-state index is -0.173. The van der Waals surface area contributed by atoms with Crippen LogP contribution in [-0.2, 0) is 6.54 Å². The SMILES string of the molecule is Cc1ccccc1Cn1cnc(Cl)c(Br)c1=O. The number of aryl methyl sites for hydroxylation is 1. The molecule has 1 heterocycles. The number of hydrogen-bond acceptors (Lipinski definition) is 2. The summed E-state index contributed by atoms with van der Waals surface area (Å²) in [6, 6.07) is 7.92. The fourth-order valence-corrected chi connectivity index (χ4v) is 1.98. The van der Waals surface area contributed by atoms with Crippen LogP contribution in [0.15, 0.2) is 39.9 Å². The topological polar surface area (TPSA) is 34.9 Å². The molecule has 0 aliphatic heterocycles. The molecule has 0 radical (unpaired) electrons. The summed E-state index contributed by atoms with van der Waals surface area (Å²) in [4.78, 5) is 15.8. The predicted octanol–water partition coefficient (Wildman–Crippen LogP) is 3.02. The maximum atomic E-state index is 11.9. The third kappa shape index (κ3) is 2.58. The molecule has 0 saturated heterocycles. The van der Waals surface area contributed by atoms with Gasteiger partial charge in [-0.15, -0.1) is 0 Å². The lowest BCUT2D eigenvalue weighted by Crippen LogP contribution is -2.22. The maximum absolute atomic E-state index is 11.9. The summed E-state index contributed by atoms with van der Waals surface area (Å²) in [5.41, 5.74) is 2.06. The number of hydrogen-bond donors (Lipinski definition) is 0. The highest BCUT2D eigenvalue weighted by Crippen LogP contribution is 2.14. The molecule has 0 saturated carbocycles. The number of benzene rings is 1. The standard InChI is InChI=1S/C12H10BrClN2O/c1-8-4-2-3-5-9(8)6-16-7-15-11(14)10(13)12(16)17/h2-5,7H,6H2,1H3. The van der Waals surface area contributed by atoms with Crippen molar-refractivity contribution in [3.05, 3.63) is 61.7 Å². The molecular weight excluding hydrogens is 304 g/mol. The van der Waals surface area contributed by atoms with Crippen LogP contribution in [0.1, 0.15) is 11.1 Å². The van der Waals surface area contributed by atoms with Crippen molar-refractivity contribution < 1.29 is 0 Å². The van der Waals surface area contributed by atoms with Gasteiger partial charge in [0.25, 0.3) is 5.56 Å². The Morgan fingerprint density at radius 3 is 2.82 bits per heavy atom. The monoisotopic (exact) mass is 312 g/mol. The Labute approximate surface area is 112 Å². The maximum Gasteiger partial charge on any atom is 0.269 e. The van der Waals surface area contributed by atoms with Crippen molar-refractivity contribution in [3.63, 3.8) is 0 Å². The molecule has 2 rings (SSSR count). The molecule has 17 heavy (non-hydrogen) atoms. The van der Waals surface area contributed by atoms with Crippen LogP contribution in [0.25, 0.3) is 0 Å². The highest BCUT2D eigenvalue weighted by Gasteiger charge is 2.07. The molecule has 0 fully saturated rings. The van der Waals surface area contributed by atoms with Crippen molar-refractivity contribution >= 4 is 27.5 Å². The second kappa shape index (κ2) is 5.02. The van der Waals surface area contributed by atoms with Gasteiger partial charge in [0, 0.05) is 0 Å². The van der Waals surface area contributed by atoms with Gasteiger partial charge in [-0.25, -0.2) is 4.98 Å². The van der Waals surface area contributed by atoms with Crippen molar-refractivity contribution in [3.8, 4) is 0 Å². The van der Waals surface area contributed by atoms with Crippen LogP contribution in [0.4, 0.5) is 0 Å². The first-order valence-corrected chi connectivity index (χ1v) is 6.21. The lowest BCUT2D eigenvalue weighted by atomic mass is 10.1. The molecule has 0 bridgehead atoms. The Balaban J connectivity index is 2.41. The van der Waals surface area contributed by atoms with Crippen molar-refractivity contribution in [1.29, 1.82) is 0 Å². The Morgan fingerprint density at radius 1 is 1.41 bits per heavy atom. The van der Waals surface area contributed by atoms with E-state index in [9.17, 15) is 4.79 Å². The number of halogens is 2. The van der Waals surface area contributed by atoms with Gasteiger partial charge in [0.05, 0.1) is 12.9 Å². The van der Waals surface area contributed by atoms with Gasteiger partial charge in [-0.1, -0.05) is 35.9 Å². The molecular formula is C12H10BrClN2O. The molecule has 0 atom stereocenters. The Bertz CT molecular complexity index is 610. The van der Waals surface area contributed by atoms with E-state index in [0.717, 1.165) is 11.1 Å². The van der Waals surface area contributed by atoms with E-state index in [2.05, 4.69) is 20.9 Å². The van der Waals surface area contributed by atoms with Gasteiger partial charge in [-0.3, -0.25) is 9.36 Å². The quantitative estimate of drug-likeness (QED) is 0.799. The van der Waals surface area contributed by atoms with Gasteiger partial charge in [0.2, 0.25) is 0 Å². The van der Waals surface area contributed by atoms with Crippen molar-refractivity contribution in [1.82, 2.24) is 9.55 Å². The van der Waals surface area contributed by atoms with E-state index < -0.39 is 0 Å². The highest BCUT2D eigenvalue weighted by molar-refractivity contribution is 9.10. The fourth-order valence-electron chi connectivity index (χ4n) is 1.53. The summed E-state index contributed by atoms with van der Waals surface area (Å²) in [5, 5.41) is 0.191. The molecule has 0 aliphatic carbocycles. The Morgan fingerprint density at radius 2 is 2.12 bits per heavy atom. The largest absolute Gasteiger partial charge is 0.294 e. The van der Waals surface area contributed by atoms with Crippen LogP contribution in [0, 0.1) is 6.92 Å². The third-order valence-electron chi connectivity index (χ3n) is 2.54. The first-order chi connectivity index (χ1) is 8.09. The van der Waals surface area contributed by atoms with Crippen LogP contribution in [-0.4, -0.2) is 9.55 Å². The van der Waals surface area contributed by atoms with E-state index in [1.165, 1.54) is 10.9 Å². The van der Waals surface area contributed by atoms with E-state index in [1.54, 1.807) is 0 Å². The Kier molecular flexibility index (Phi) is 3.64. The van der Waals surface area contributed by atoms with Crippen LogP contribution in [0.2, 0.25) is 5.15 Å². The molecule has 88 valence electrons. The smallest absolute Gasteiger partial charge is 0.269 e. The van der Waals surface area contributed by atoms with Crippen LogP contribution in [0.3, 0.4) is 0 Å². The van der Waals surface area contributed by atoms with E-state index in [4.69, 9.17) is 11.6 Å². The van der Waals surface area contributed by atoms with E-state index in [1.807, 2.05) is 31.2 Å². The summed E-state index contributed by atoms with van der Waals surface area (Å²) in [6.07, 6.45) is 1.46. The summed E-state index contributed by atoms with van der Waals surface area (Å²) in [5.74, 6) is 0. The molecule has 3 nitrogen and oxygen atoms in total. The normalized spacial score (nSPS) is 10.5. The van der Waals surface area contributed by atoms with Crippen LogP contribution >= 0.6 is 27.5 Å². The van der Waals surface area contributed by atoms with Crippen LogP contribution in [0.5, 0.6) is 0 Å². The molecule has 0 amide bonds. The summed E-state index contributed by atoms with van der Waals surface area (Å²) in [7, 11) is 0. The number of rotatable bonds is 2. The molecule has 0 spiro atoms. The van der Waals surface area contributed by atoms with Gasteiger partial charge in [0.15, 0.2) is 5.15 Å². The Hall–Kier alpha value is -1.13. The van der Waals surface area contributed by atoms with Crippen molar-refractivity contribution in [2.24, 2.45) is 0 Å². The average molecular weight is 314 g/mol. The van der Waals surface area contributed by atoms with E-state index in [-0.39, 0.29) is 10.7 Å². The van der Waals surface area contributed by atoms with Crippen molar-refractivity contribution in [2.45, 2.75) is 13.5 Å². The average Bonchev–Trinajstić information content (AvgIpc) is 2.32. The second-order valence-electron chi connectivity index (χ2n) is 3.71. The first-order valence-electron chi connectivity index (χ1n) is 5.04. The summed E-state index contributed by atoms with van der Waals surface area (Å²) in [6.45, 7) is 2.51. The molecule has 2 aromatic rings. The predicted molar refractivity (Wildman–Crippen MR) is 71.5 cm³/mol. The van der Waals surface area contributed by atoms with Gasteiger partial charge in [-0.2, -0.15) is 0 Å². The van der Waals surface area contributed by atoms with Gasteiger partial charge >= 0.3 is 0 Å².